The van der Waals surface area contributed by atoms with Gasteiger partial charge >= 0.3 is 0 Å². The number of rotatable bonds is 2. The highest BCUT2D eigenvalue weighted by Gasteiger charge is 2.48. The SMILES string of the molecule is O=C1[C@H]2CC=C(Cl)C[C@@H]2C(=O)N1Cc1ccccc1. The highest BCUT2D eigenvalue weighted by molar-refractivity contribution is 6.30. The number of amides is 2. The summed E-state index contributed by atoms with van der Waals surface area (Å²) in [6.45, 7) is 0.364. The molecule has 19 heavy (non-hydrogen) atoms. The quantitative estimate of drug-likeness (QED) is 0.778. The Balaban J connectivity index is 1.82. The minimum absolute atomic E-state index is 0.0562. The third-order valence-electron chi connectivity index (χ3n) is 3.84. The fourth-order valence-corrected chi connectivity index (χ4v) is 3.07. The number of fused-ring (bicyclic) bond motifs is 1. The van der Waals surface area contributed by atoms with Crippen molar-refractivity contribution in [2.75, 3.05) is 0 Å². The Bertz CT molecular complexity index is 553. The van der Waals surface area contributed by atoms with E-state index in [0.717, 1.165) is 5.56 Å². The molecule has 0 spiro atoms. The van der Waals surface area contributed by atoms with Gasteiger partial charge in [-0.15, -0.1) is 0 Å². The van der Waals surface area contributed by atoms with Gasteiger partial charge in [0.25, 0.3) is 0 Å². The molecule has 1 aliphatic heterocycles. The van der Waals surface area contributed by atoms with Crippen LogP contribution in [0.2, 0.25) is 0 Å². The van der Waals surface area contributed by atoms with Crippen molar-refractivity contribution in [2.45, 2.75) is 19.4 Å². The first-order chi connectivity index (χ1) is 9.16. The van der Waals surface area contributed by atoms with Crippen molar-refractivity contribution in [1.82, 2.24) is 4.90 Å². The van der Waals surface area contributed by atoms with Crippen molar-refractivity contribution in [3.8, 4) is 0 Å². The van der Waals surface area contributed by atoms with Crippen LogP contribution in [0.25, 0.3) is 0 Å². The van der Waals surface area contributed by atoms with Crippen LogP contribution in [-0.4, -0.2) is 16.7 Å². The average Bonchev–Trinajstić information content (AvgIpc) is 2.65. The van der Waals surface area contributed by atoms with Crippen LogP contribution >= 0.6 is 11.6 Å². The molecule has 0 bridgehead atoms. The van der Waals surface area contributed by atoms with Crippen LogP contribution in [0.3, 0.4) is 0 Å². The number of benzene rings is 1. The third kappa shape index (κ3) is 2.19. The molecule has 1 aromatic rings. The van der Waals surface area contributed by atoms with E-state index in [1.54, 1.807) is 0 Å². The molecule has 98 valence electrons. The van der Waals surface area contributed by atoms with Crippen molar-refractivity contribution in [1.29, 1.82) is 0 Å². The Labute approximate surface area is 116 Å². The Morgan fingerprint density at radius 2 is 1.79 bits per heavy atom. The van der Waals surface area contributed by atoms with Crippen LogP contribution in [0.1, 0.15) is 18.4 Å². The molecule has 3 nitrogen and oxygen atoms in total. The number of imide groups is 1. The summed E-state index contributed by atoms with van der Waals surface area (Å²) < 4.78 is 0. The van der Waals surface area contributed by atoms with Crippen LogP contribution in [0.4, 0.5) is 0 Å². The lowest BCUT2D eigenvalue weighted by Gasteiger charge is -2.17. The zero-order valence-corrected chi connectivity index (χ0v) is 11.1. The lowest BCUT2D eigenvalue weighted by molar-refractivity contribution is -0.140. The van der Waals surface area contributed by atoms with E-state index in [-0.39, 0.29) is 23.7 Å². The fraction of sp³-hybridized carbons (Fsp3) is 0.333. The molecule has 0 saturated carbocycles. The second kappa shape index (κ2) is 4.82. The molecule has 1 heterocycles. The van der Waals surface area contributed by atoms with Crippen molar-refractivity contribution >= 4 is 23.4 Å². The summed E-state index contributed by atoms with van der Waals surface area (Å²) >= 11 is 5.98. The van der Waals surface area contributed by atoms with E-state index in [9.17, 15) is 9.59 Å². The maximum atomic E-state index is 12.3. The summed E-state index contributed by atoms with van der Waals surface area (Å²) in [5.74, 6) is -0.600. The summed E-state index contributed by atoms with van der Waals surface area (Å²) in [7, 11) is 0. The van der Waals surface area contributed by atoms with Crippen LogP contribution in [-0.2, 0) is 16.1 Å². The van der Waals surface area contributed by atoms with Crippen LogP contribution in [0, 0.1) is 11.8 Å². The largest absolute Gasteiger partial charge is 0.278 e. The number of likely N-dealkylation sites (tertiary alicyclic amines) is 1. The Kier molecular flexibility index (Phi) is 3.15. The summed E-state index contributed by atoms with van der Waals surface area (Å²) in [4.78, 5) is 26.0. The fourth-order valence-electron chi connectivity index (χ4n) is 2.82. The van der Waals surface area contributed by atoms with Gasteiger partial charge < -0.3 is 0 Å². The number of nitrogens with zero attached hydrogens (tertiary/aromatic N) is 1. The molecular formula is C15H14ClNO2. The smallest absolute Gasteiger partial charge is 0.233 e. The van der Waals surface area contributed by atoms with Gasteiger partial charge in [0.2, 0.25) is 11.8 Å². The van der Waals surface area contributed by atoms with E-state index in [1.807, 2.05) is 36.4 Å². The first kappa shape index (κ1) is 12.4. The molecule has 1 aliphatic carbocycles. The van der Waals surface area contributed by atoms with Gasteiger partial charge in [0.1, 0.15) is 0 Å². The van der Waals surface area contributed by atoms with Crippen LogP contribution < -0.4 is 0 Å². The number of hydrogen-bond acceptors (Lipinski definition) is 2. The number of halogens is 1. The molecule has 0 unspecified atom stereocenters. The number of carbonyl (C=O) groups is 2. The van der Waals surface area contributed by atoms with Gasteiger partial charge in [0.05, 0.1) is 18.4 Å². The van der Waals surface area contributed by atoms with Gasteiger partial charge in [-0.05, 0) is 18.4 Å². The van der Waals surface area contributed by atoms with Gasteiger partial charge in [-0.1, -0.05) is 48.0 Å². The molecule has 0 aromatic heterocycles. The molecule has 1 fully saturated rings. The van der Waals surface area contributed by atoms with E-state index in [2.05, 4.69) is 0 Å². The summed E-state index contributed by atoms with van der Waals surface area (Å²) in [6.07, 6.45) is 2.95. The number of carbonyl (C=O) groups excluding carboxylic acids is 2. The van der Waals surface area contributed by atoms with Crippen molar-refractivity contribution in [2.24, 2.45) is 11.8 Å². The van der Waals surface area contributed by atoms with Crippen LogP contribution in [0.15, 0.2) is 41.4 Å². The molecule has 4 heteroatoms. The summed E-state index contributed by atoms with van der Waals surface area (Å²) in [5, 5.41) is 0.698. The highest BCUT2D eigenvalue weighted by Crippen LogP contribution is 2.39. The van der Waals surface area contributed by atoms with Crippen molar-refractivity contribution in [3.05, 3.63) is 47.0 Å². The molecule has 0 N–H and O–H groups in total. The molecule has 0 radical (unpaired) electrons. The lowest BCUT2D eigenvalue weighted by atomic mass is 9.85. The molecule has 2 aliphatic rings. The molecule has 1 saturated heterocycles. The summed E-state index contributed by atoms with van der Waals surface area (Å²) in [5.41, 5.74) is 0.974. The second-order valence-corrected chi connectivity index (χ2v) is 5.54. The van der Waals surface area contributed by atoms with Gasteiger partial charge in [-0.3, -0.25) is 14.5 Å². The van der Waals surface area contributed by atoms with Crippen molar-refractivity contribution in [3.63, 3.8) is 0 Å². The molecule has 1 aromatic carbocycles. The highest BCUT2D eigenvalue weighted by atomic mass is 35.5. The normalized spacial score (nSPS) is 26.4. The van der Waals surface area contributed by atoms with E-state index in [0.29, 0.717) is 24.4 Å². The minimum Gasteiger partial charge on any atom is -0.278 e. The van der Waals surface area contributed by atoms with E-state index >= 15 is 0 Å². The number of allylic oxidation sites excluding steroid dienone is 2. The molecule has 2 atom stereocenters. The predicted octanol–water partition coefficient (Wildman–Crippen LogP) is 2.70. The zero-order valence-electron chi connectivity index (χ0n) is 10.4. The zero-order chi connectivity index (χ0) is 13.4. The maximum absolute atomic E-state index is 12.3. The lowest BCUT2D eigenvalue weighted by Crippen LogP contribution is -2.30. The van der Waals surface area contributed by atoms with Gasteiger partial charge in [-0.25, -0.2) is 0 Å². The van der Waals surface area contributed by atoms with Gasteiger partial charge in [0, 0.05) is 5.03 Å². The molecule has 3 rings (SSSR count). The van der Waals surface area contributed by atoms with E-state index < -0.39 is 0 Å². The van der Waals surface area contributed by atoms with Gasteiger partial charge in [-0.2, -0.15) is 0 Å². The van der Waals surface area contributed by atoms with E-state index in [4.69, 9.17) is 11.6 Å². The standard InChI is InChI=1S/C15H14ClNO2/c16-11-6-7-12-13(8-11)15(19)17(14(12)18)9-10-4-2-1-3-5-10/h1-6,12-13H,7-9H2/t12-,13-/m0/s1. The summed E-state index contributed by atoms with van der Waals surface area (Å²) in [6, 6.07) is 9.58. The molecule has 2 amide bonds. The maximum Gasteiger partial charge on any atom is 0.233 e. The third-order valence-corrected chi connectivity index (χ3v) is 4.15. The minimum atomic E-state index is -0.256. The second-order valence-electron chi connectivity index (χ2n) is 5.05. The Morgan fingerprint density at radius 3 is 2.53 bits per heavy atom. The van der Waals surface area contributed by atoms with Gasteiger partial charge in [0.15, 0.2) is 0 Å². The first-order valence-electron chi connectivity index (χ1n) is 6.40. The average molecular weight is 276 g/mol. The Hall–Kier alpha value is -1.61. The molecular weight excluding hydrogens is 262 g/mol. The predicted molar refractivity (Wildman–Crippen MR) is 72.1 cm³/mol. The van der Waals surface area contributed by atoms with Crippen LogP contribution in [0.5, 0.6) is 0 Å². The van der Waals surface area contributed by atoms with E-state index in [1.165, 1.54) is 4.90 Å². The topological polar surface area (TPSA) is 37.4 Å². The number of hydrogen-bond donors (Lipinski definition) is 0. The Morgan fingerprint density at radius 1 is 1.11 bits per heavy atom. The van der Waals surface area contributed by atoms with Crippen molar-refractivity contribution < 1.29 is 9.59 Å². The first-order valence-corrected chi connectivity index (χ1v) is 6.78. The monoisotopic (exact) mass is 275 g/mol.